The monoisotopic (exact) mass is 409 g/mol. The van der Waals surface area contributed by atoms with Crippen molar-refractivity contribution < 1.29 is 14.3 Å². The first-order valence-electron chi connectivity index (χ1n) is 8.64. The summed E-state index contributed by atoms with van der Waals surface area (Å²) in [5, 5.41) is 0.854. The highest BCUT2D eigenvalue weighted by molar-refractivity contribution is 6.42. The Morgan fingerprint density at radius 3 is 2.56 bits per heavy atom. The molecule has 144 valence electrons. The van der Waals surface area contributed by atoms with Crippen LogP contribution in [0.1, 0.15) is 30.8 Å². The zero-order valence-electron chi connectivity index (χ0n) is 15.4. The lowest BCUT2D eigenvalue weighted by Crippen LogP contribution is -2.30. The molecule has 1 fully saturated rings. The van der Waals surface area contributed by atoms with E-state index in [-0.39, 0.29) is 23.5 Å². The molecule has 1 aliphatic rings. The molecule has 6 nitrogen and oxygen atoms in total. The molecule has 0 bridgehead atoms. The number of hydrogen-bond donors (Lipinski definition) is 0. The maximum absolute atomic E-state index is 12.6. The number of esters is 1. The molecule has 0 saturated carbocycles. The van der Waals surface area contributed by atoms with Crippen molar-refractivity contribution in [3.05, 3.63) is 46.3 Å². The number of amides is 1. The maximum atomic E-state index is 12.6. The van der Waals surface area contributed by atoms with E-state index < -0.39 is 0 Å². The van der Waals surface area contributed by atoms with E-state index in [0.29, 0.717) is 35.2 Å². The second-order valence-electron chi connectivity index (χ2n) is 5.68. The van der Waals surface area contributed by atoms with Gasteiger partial charge in [0.05, 0.1) is 28.8 Å². The number of hydrogen-bond acceptors (Lipinski definition) is 5. The lowest BCUT2D eigenvalue weighted by atomic mass is 10.1. The zero-order chi connectivity index (χ0) is 20.0. The van der Waals surface area contributed by atoms with Gasteiger partial charge in [0.1, 0.15) is 12.0 Å². The van der Waals surface area contributed by atoms with Crippen LogP contribution >= 0.6 is 23.2 Å². The predicted molar refractivity (Wildman–Crippen MR) is 105 cm³/mol. The second-order valence-corrected chi connectivity index (χ2v) is 6.49. The van der Waals surface area contributed by atoms with Crippen LogP contribution in [0.3, 0.4) is 0 Å². The van der Waals surface area contributed by atoms with E-state index >= 15 is 0 Å². The molecule has 1 aromatic heterocycles. The SMILES string of the molecule is CC.COC(=O)C1CCN(C(=O)c2cc(-c3ccc(Cl)c(Cl)c3)ncn2)C1. The lowest BCUT2D eigenvalue weighted by Gasteiger charge is -2.15. The molecule has 27 heavy (non-hydrogen) atoms. The van der Waals surface area contributed by atoms with Gasteiger partial charge in [-0.25, -0.2) is 9.97 Å². The van der Waals surface area contributed by atoms with Gasteiger partial charge in [0.15, 0.2) is 0 Å². The third-order valence-electron chi connectivity index (χ3n) is 4.11. The molecule has 0 spiro atoms. The fraction of sp³-hybridized carbons (Fsp3) is 0.368. The first-order valence-corrected chi connectivity index (χ1v) is 9.39. The van der Waals surface area contributed by atoms with E-state index in [4.69, 9.17) is 27.9 Å². The summed E-state index contributed by atoms with van der Waals surface area (Å²) in [5.74, 6) is -0.824. The van der Waals surface area contributed by atoms with Gasteiger partial charge in [0.25, 0.3) is 5.91 Å². The minimum Gasteiger partial charge on any atom is -0.469 e. The van der Waals surface area contributed by atoms with Gasteiger partial charge in [-0.05, 0) is 24.6 Å². The van der Waals surface area contributed by atoms with Gasteiger partial charge in [-0.1, -0.05) is 43.1 Å². The van der Waals surface area contributed by atoms with Gasteiger partial charge in [-0.2, -0.15) is 0 Å². The number of carbonyl (C=O) groups excluding carboxylic acids is 2. The Kier molecular flexibility index (Phi) is 7.56. The summed E-state index contributed by atoms with van der Waals surface area (Å²) in [7, 11) is 1.35. The molecule has 0 aliphatic carbocycles. The highest BCUT2D eigenvalue weighted by atomic mass is 35.5. The average Bonchev–Trinajstić information content (AvgIpc) is 3.20. The molecule has 0 radical (unpaired) electrons. The van der Waals surface area contributed by atoms with Gasteiger partial charge < -0.3 is 9.64 Å². The molecule has 2 aromatic rings. The van der Waals surface area contributed by atoms with Crippen molar-refractivity contribution in [2.45, 2.75) is 20.3 Å². The van der Waals surface area contributed by atoms with Crippen LogP contribution in [0.4, 0.5) is 0 Å². The molecule has 2 heterocycles. The van der Waals surface area contributed by atoms with Crippen molar-refractivity contribution in [2.24, 2.45) is 5.92 Å². The van der Waals surface area contributed by atoms with Crippen molar-refractivity contribution >= 4 is 35.1 Å². The molecule has 1 aliphatic heterocycles. The maximum Gasteiger partial charge on any atom is 0.310 e. The van der Waals surface area contributed by atoms with Crippen molar-refractivity contribution in [1.82, 2.24) is 14.9 Å². The summed E-state index contributed by atoms with van der Waals surface area (Å²) < 4.78 is 4.74. The minimum atomic E-state index is -0.297. The standard InChI is InChI=1S/C17H15Cl2N3O3.C2H6/c1-25-17(24)11-4-5-22(8-11)16(23)15-7-14(20-9-21-15)10-2-3-12(18)13(19)6-10;1-2/h2-3,6-7,9,11H,4-5,8H2,1H3;1-2H3. The van der Waals surface area contributed by atoms with Crippen LogP contribution in [0.2, 0.25) is 10.0 Å². The van der Waals surface area contributed by atoms with Crippen LogP contribution in [0.5, 0.6) is 0 Å². The average molecular weight is 410 g/mol. The molecule has 0 N–H and O–H groups in total. The molecule has 8 heteroatoms. The van der Waals surface area contributed by atoms with Crippen molar-refractivity contribution in [2.75, 3.05) is 20.2 Å². The largest absolute Gasteiger partial charge is 0.469 e. The Morgan fingerprint density at radius 1 is 1.15 bits per heavy atom. The lowest BCUT2D eigenvalue weighted by molar-refractivity contribution is -0.144. The van der Waals surface area contributed by atoms with Crippen LogP contribution in [0.25, 0.3) is 11.3 Å². The molecular weight excluding hydrogens is 389 g/mol. The topological polar surface area (TPSA) is 72.4 Å². The van der Waals surface area contributed by atoms with Gasteiger partial charge in [0.2, 0.25) is 0 Å². The van der Waals surface area contributed by atoms with Gasteiger partial charge in [-0.15, -0.1) is 0 Å². The predicted octanol–water partition coefficient (Wildman–Crippen LogP) is 4.11. The summed E-state index contributed by atoms with van der Waals surface area (Å²) in [4.78, 5) is 34.1. The van der Waals surface area contributed by atoms with Gasteiger partial charge >= 0.3 is 5.97 Å². The first kappa shape index (κ1) is 21.1. The molecule has 1 saturated heterocycles. The fourth-order valence-electron chi connectivity index (χ4n) is 2.75. The number of methoxy groups -OCH3 is 1. The van der Waals surface area contributed by atoms with Crippen molar-refractivity contribution in [3.63, 3.8) is 0 Å². The Balaban J connectivity index is 0.00000126. The number of ether oxygens (including phenoxy) is 1. The van der Waals surface area contributed by atoms with E-state index in [9.17, 15) is 9.59 Å². The third-order valence-corrected chi connectivity index (χ3v) is 4.85. The summed E-state index contributed by atoms with van der Waals surface area (Å²) in [6, 6.07) is 6.73. The fourth-order valence-corrected chi connectivity index (χ4v) is 3.05. The normalized spacial score (nSPS) is 15.7. The van der Waals surface area contributed by atoms with Crippen molar-refractivity contribution in [3.8, 4) is 11.3 Å². The smallest absolute Gasteiger partial charge is 0.310 e. The van der Waals surface area contributed by atoms with Crippen LogP contribution in [-0.2, 0) is 9.53 Å². The first-order chi connectivity index (χ1) is 13.0. The van der Waals surface area contributed by atoms with E-state index in [1.807, 2.05) is 13.8 Å². The zero-order valence-corrected chi connectivity index (χ0v) is 16.9. The summed E-state index contributed by atoms with van der Waals surface area (Å²) in [5.41, 5.74) is 1.57. The summed E-state index contributed by atoms with van der Waals surface area (Å²) in [6.45, 7) is 4.82. The Hall–Kier alpha value is -2.18. The summed E-state index contributed by atoms with van der Waals surface area (Å²) in [6.07, 6.45) is 1.92. The molecule has 1 aromatic carbocycles. The number of benzene rings is 1. The highest BCUT2D eigenvalue weighted by Crippen LogP contribution is 2.28. The Bertz CT molecular complexity index is 830. The van der Waals surface area contributed by atoms with Gasteiger partial charge in [0, 0.05) is 18.7 Å². The number of halogens is 2. The minimum absolute atomic E-state index is 0.241. The number of aromatic nitrogens is 2. The van der Waals surface area contributed by atoms with Crippen LogP contribution in [0, 0.1) is 5.92 Å². The van der Waals surface area contributed by atoms with Crippen LogP contribution < -0.4 is 0 Å². The van der Waals surface area contributed by atoms with E-state index in [2.05, 4.69) is 9.97 Å². The molecule has 1 atom stereocenters. The number of likely N-dealkylation sites (tertiary alicyclic amines) is 1. The Morgan fingerprint density at radius 2 is 1.89 bits per heavy atom. The van der Waals surface area contributed by atoms with E-state index in [1.165, 1.54) is 13.4 Å². The quantitative estimate of drug-likeness (QED) is 0.712. The number of carbonyl (C=O) groups is 2. The highest BCUT2D eigenvalue weighted by Gasteiger charge is 2.32. The Labute approximate surface area is 168 Å². The van der Waals surface area contributed by atoms with E-state index in [1.54, 1.807) is 29.2 Å². The van der Waals surface area contributed by atoms with Crippen molar-refractivity contribution in [1.29, 1.82) is 0 Å². The molecule has 1 unspecified atom stereocenters. The summed E-state index contributed by atoms with van der Waals surface area (Å²) >= 11 is 12.0. The van der Waals surface area contributed by atoms with Crippen LogP contribution in [0.15, 0.2) is 30.6 Å². The molecular formula is C19H21Cl2N3O3. The van der Waals surface area contributed by atoms with Gasteiger partial charge in [-0.3, -0.25) is 9.59 Å². The van der Waals surface area contributed by atoms with Crippen LogP contribution in [-0.4, -0.2) is 46.9 Å². The number of rotatable bonds is 3. The molecule has 3 rings (SSSR count). The third kappa shape index (κ3) is 4.96. The molecule has 1 amide bonds. The van der Waals surface area contributed by atoms with E-state index in [0.717, 1.165) is 5.56 Å². The number of nitrogens with zero attached hydrogens (tertiary/aromatic N) is 3. The second kappa shape index (κ2) is 9.67.